The van der Waals surface area contributed by atoms with E-state index in [4.69, 9.17) is 4.74 Å². The van der Waals surface area contributed by atoms with E-state index in [1.165, 1.54) is 11.1 Å². The average molecular weight is 478 g/mol. The number of rotatable bonds is 6. The number of ether oxygens (including phenoxy) is 1. The van der Waals surface area contributed by atoms with Gasteiger partial charge in [-0.15, -0.1) is 0 Å². The number of hydrogen-bond donors (Lipinski definition) is 0. The lowest BCUT2D eigenvalue weighted by Gasteiger charge is -2.42. The van der Waals surface area contributed by atoms with Crippen LogP contribution in [0.25, 0.3) is 0 Å². The van der Waals surface area contributed by atoms with Crippen molar-refractivity contribution in [1.29, 1.82) is 0 Å². The van der Waals surface area contributed by atoms with Crippen LogP contribution in [0.2, 0.25) is 0 Å². The van der Waals surface area contributed by atoms with Gasteiger partial charge >= 0.3 is 0 Å². The number of aryl methyl sites for hydroxylation is 1. The summed E-state index contributed by atoms with van der Waals surface area (Å²) in [6, 6.07) is 14.6. The molecular weight excluding hydrogens is 434 g/mol. The number of fused-ring (bicyclic) bond motifs is 2. The molecule has 1 heterocycles. The van der Waals surface area contributed by atoms with Crippen LogP contribution in [0.3, 0.4) is 0 Å². The minimum Gasteiger partial charge on any atom is -0.492 e. The monoisotopic (exact) mass is 477 g/mol. The summed E-state index contributed by atoms with van der Waals surface area (Å²) in [5, 5.41) is 0. The molecule has 4 heteroatoms. The van der Waals surface area contributed by atoms with Gasteiger partial charge in [0.1, 0.15) is 23.9 Å². The highest BCUT2D eigenvalue weighted by Crippen LogP contribution is 2.44. The minimum absolute atomic E-state index is 0.0954. The summed E-state index contributed by atoms with van der Waals surface area (Å²) in [4.78, 5) is 27.6. The summed E-state index contributed by atoms with van der Waals surface area (Å²) in [6.07, 6.45) is 3.20. The van der Waals surface area contributed by atoms with Gasteiger partial charge in [-0.05, 0) is 86.5 Å². The zero-order valence-corrected chi connectivity index (χ0v) is 22.5. The molecule has 1 saturated heterocycles. The van der Waals surface area contributed by atoms with E-state index in [1.807, 2.05) is 39.0 Å². The van der Waals surface area contributed by atoms with Crippen molar-refractivity contribution in [1.82, 2.24) is 4.90 Å². The summed E-state index contributed by atoms with van der Waals surface area (Å²) >= 11 is 0. The fraction of sp³-hybridized carbons (Fsp3) is 0.548. The number of piperidine rings is 1. The zero-order chi connectivity index (χ0) is 25.6. The summed E-state index contributed by atoms with van der Waals surface area (Å²) in [5.41, 5.74) is 4.46. The van der Waals surface area contributed by atoms with E-state index in [0.29, 0.717) is 24.7 Å². The third-order valence-corrected chi connectivity index (χ3v) is 7.96. The maximum atomic E-state index is 13.7. The van der Waals surface area contributed by atoms with Gasteiger partial charge in [-0.25, -0.2) is 0 Å². The first-order valence-corrected chi connectivity index (χ1v) is 13.4. The number of nitrogens with zero attached hydrogens (tertiary/aromatic N) is 1. The molecule has 2 aromatic carbocycles. The molecule has 190 valence electrons. The molecule has 0 bridgehead atoms. The molecule has 1 fully saturated rings. The molecule has 35 heavy (non-hydrogen) atoms. The van der Waals surface area contributed by atoms with E-state index in [1.54, 1.807) is 6.92 Å². The van der Waals surface area contributed by atoms with E-state index in [9.17, 15) is 9.59 Å². The number of Topliss-reactive ketones (excluding diaryl/α,β-unsaturated/α-hetero) is 2. The highest BCUT2D eigenvalue weighted by atomic mass is 16.5. The Labute approximate surface area is 212 Å². The summed E-state index contributed by atoms with van der Waals surface area (Å²) in [5.74, 6) is 1.90. The molecular formula is C31H43NO3. The van der Waals surface area contributed by atoms with Gasteiger partial charge in [-0.3, -0.25) is 14.5 Å². The Morgan fingerprint density at radius 1 is 1.09 bits per heavy atom. The van der Waals surface area contributed by atoms with E-state index >= 15 is 0 Å². The van der Waals surface area contributed by atoms with Crippen LogP contribution in [0.1, 0.15) is 69.7 Å². The van der Waals surface area contributed by atoms with Crippen LogP contribution in [0.15, 0.2) is 42.5 Å². The van der Waals surface area contributed by atoms with Crippen molar-refractivity contribution in [3.8, 4) is 5.75 Å². The second-order valence-electron chi connectivity index (χ2n) is 10.2. The Morgan fingerprint density at radius 2 is 1.77 bits per heavy atom. The Hall–Kier alpha value is -2.46. The van der Waals surface area contributed by atoms with Crippen LogP contribution in [0, 0.1) is 18.8 Å². The summed E-state index contributed by atoms with van der Waals surface area (Å²) in [6.45, 7) is 15.3. The SMILES string of the molecule is CC.CC(=O)Cc1cc(OCCN2CCC3(CC2)C(=O)C(C)C(C)Cc2ccccc23)ccc1C. The van der Waals surface area contributed by atoms with Gasteiger partial charge < -0.3 is 4.74 Å². The van der Waals surface area contributed by atoms with Gasteiger partial charge in [0, 0.05) is 18.9 Å². The maximum Gasteiger partial charge on any atom is 0.146 e. The van der Waals surface area contributed by atoms with E-state index in [2.05, 4.69) is 43.0 Å². The van der Waals surface area contributed by atoms with Crippen molar-refractivity contribution in [2.45, 2.75) is 72.6 Å². The Morgan fingerprint density at radius 3 is 2.46 bits per heavy atom. The topological polar surface area (TPSA) is 46.6 Å². The Balaban J connectivity index is 0.00000167. The van der Waals surface area contributed by atoms with Crippen molar-refractivity contribution >= 4 is 11.6 Å². The van der Waals surface area contributed by atoms with Gasteiger partial charge in [0.15, 0.2) is 0 Å². The molecule has 0 saturated carbocycles. The lowest BCUT2D eigenvalue weighted by atomic mass is 9.66. The second-order valence-corrected chi connectivity index (χ2v) is 10.2. The fourth-order valence-electron chi connectivity index (χ4n) is 5.68. The lowest BCUT2D eigenvalue weighted by molar-refractivity contribution is -0.131. The minimum atomic E-state index is -0.337. The Bertz CT molecular complexity index is 1020. The predicted octanol–water partition coefficient (Wildman–Crippen LogP) is 5.96. The van der Waals surface area contributed by atoms with Crippen molar-refractivity contribution in [3.63, 3.8) is 0 Å². The molecule has 4 rings (SSSR count). The number of likely N-dealkylation sites (tertiary alicyclic amines) is 1. The van der Waals surface area contributed by atoms with Crippen LogP contribution in [0.4, 0.5) is 0 Å². The molecule has 2 unspecified atom stereocenters. The lowest BCUT2D eigenvalue weighted by Crippen LogP contribution is -2.49. The maximum absolute atomic E-state index is 13.7. The largest absolute Gasteiger partial charge is 0.492 e. The fourth-order valence-corrected chi connectivity index (χ4v) is 5.68. The van der Waals surface area contributed by atoms with Gasteiger partial charge in [0.05, 0.1) is 5.41 Å². The standard InChI is InChI=1S/C29H37NO3.C2H6/c1-20-9-10-26(19-25(20)18-22(3)31)33-16-15-30-13-11-29(12-14-30)27-8-6-5-7-24(27)17-21(2)23(4)28(29)32;1-2/h5-10,19,21,23H,11-18H2,1-4H3;1-2H3. The molecule has 0 radical (unpaired) electrons. The van der Waals surface area contributed by atoms with Crippen LogP contribution in [-0.2, 0) is 27.8 Å². The molecule has 0 aromatic heterocycles. The highest BCUT2D eigenvalue weighted by molar-refractivity contribution is 5.93. The molecule has 2 aromatic rings. The van der Waals surface area contributed by atoms with Crippen molar-refractivity contribution in [3.05, 3.63) is 64.7 Å². The number of benzene rings is 2. The predicted molar refractivity (Wildman–Crippen MR) is 143 cm³/mol. The van der Waals surface area contributed by atoms with E-state index in [-0.39, 0.29) is 17.1 Å². The molecule has 1 aliphatic heterocycles. The third kappa shape index (κ3) is 6.03. The molecule has 0 amide bonds. The molecule has 1 aliphatic carbocycles. The van der Waals surface area contributed by atoms with E-state index in [0.717, 1.165) is 55.8 Å². The molecule has 4 nitrogen and oxygen atoms in total. The third-order valence-electron chi connectivity index (χ3n) is 7.96. The van der Waals surface area contributed by atoms with Crippen LogP contribution in [0.5, 0.6) is 5.75 Å². The average Bonchev–Trinajstić information content (AvgIpc) is 2.93. The van der Waals surface area contributed by atoms with E-state index < -0.39 is 0 Å². The van der Waals surface area contributed by atoms with Crippen LogP contribution < -0.4 is 4.74 Å². The number of carbonyl (C=O) groups excluding carboxylic acids is 2. The second kappa shape index (κ2) is 12.0. The number of ketones is 2. The first-order chi connectivity index (χ1) is 16.8. The van der Waals surface area contributed by atoms with Crippen LogP contribution in [-0.4, -0.2) is 42.7 Å². The van der Waals surface area contributed by atoms with Crippen molar-refractivity contribution in [2.75, 3.05) is 26.2 Å². The van der Waals surface area contributed by atoms with Crippen LogP contribution >= 0.6 is 0 Å². The summed E-state index contributed by atoms with van der Waals surface area (Å²) < 4.78 is 6.03. The van der Waals surface area contributed by atoms with Crippen molar-refractivity contribution in [2.24, 2.45) is 11.8 Å². The zero-order valence-electron chi connectivity index (χ0n) is 22.5. The first kappa shape index (κ1) is 27.1. The van der Waals surface area contributed by atoms with Crippen molar-refractivity contribution < 1.29 is 14.3 Å². The molecule has 2 aliphatic rings. The van der Waals surface area contributed by atoms with Gasteiger partial charge in [-0.1, -0.05) is 58.0 Å². The normalized spacial score (nSPS) is 21.5. The molecule has 2 atom stereocenters. The smallest absolute Gasteiger partial charge is 0.146 e. The molecule has 1 spiro atoms. The van der Waals surface area contributed by atoms with Gasteiger partial charge in [0.2, 0.25) is 0 Å². The van der Waals surface area contributed by atoms with Gasteiger partial charge in [-0.2, -0.15) is 0 Å². The molecule has 0 N–H and O–H groups in total. The Kier molecular flexibility index (Phi) is 9.29. The number of hydrogen-bond acceptors (Lipinski definition) is 4. The highest BCUT2D eigenvalue weighted by Gasteiger charge is 2.47. The quantitative estimate of drug-likeness (QED) is 0.515. The van der Waals surface area contributed by atoms with Gasteiger partial charge in [0.25, 0.3) is 0 Å². The summed E-state index contributed by atoms with van der Waals surface area (Å²) in [7, 11) is 0. The number of carbonyl (C=O) groups is 2. The first-order valence-electron chi connectivity index (χ1n) is 13.4.